The summed E-state index contributed by atoms with van der Waals surface area (Å²) in [4.78, 5) is 3.29. The summed E-state index contributed by atoms with van der Waals surface area (Å²) in [6.07, 6.45) is 5.07. The molecule has 1 fully saturated rings. The molecule has 0 saturated heterocycles. The van der Waals surface area contributed by atoms with Gasteiger partial charge in [-0.3, -0.25) is 0 Å². The van der Waals surface area contributed by atoms with Gasteiger partial charge in [-0.1, -0.05) is 24.4 Å². The van der Waals surface area contributed by atoms with E-state index in [4.69, 9.17) is 23.8 Å². The minimum atomic E-state index is 0.549. The normalized spacial score (nSPS) is 17.1. The highest BCUT2D eigenvalue weighted by Crippen LogP contribution is 2.35. The van der Waals surface area contributed by atoms with Crippen molar-refractivity contribution in [3.63, 3.8) is 0 Å². The van der Waals surface area contributed by atoms with Crippen LogP contribution in [0.25, 0.3) is 11.0 Å². The Morgan fingerprint density at radius 2 is 2.06 bits per heavy atom. The molecule has 0 bridgehead atoms. The summed E-state index contributed by atoms with van der Waals surface area (Å²) >= 11 is 11.7. The van der Waals surface area contributed by atoms with Gasteiger partial charge in [-0.15, -0.1) is 0 Å². The van der Waals surface area contributed by atoms with Crippen molar-refractivity contribution < 1.29 is 0 Å². The number of rotatable bonds is 1. The van der Waals surface area contributed by atoms with Gasteiger partial charge in [0.1, 0.15) is 0 Å². The standard InChI is InChI=1S/C13H15ClN2S/c1-8-10(14)6-7-11-12(8)16(13(17)15-11)9-4-2-3-5-9/h6-7,9H,2-5H2,1H3,(H,15,17). The zero-order valence-corrected chi connectivity index (χ0v) is 11.4. The molecule has 1 aromatic heterocycles. The first kappa shape index (κ1) is 11.3. The largest absolute Gasteiger partial charge is 0.331 e. The second-order valence-corrected chi connectivity index (χ2v) is 5.60. The van der Waals surface area contributed by atoms with Crippen LogP contribution in [0.2, 0.25) is 5.02 Å². The highest BCUT2D eigenvalue weighted by Gasteiger charge is 2.21. The number of nitrogens with one attached hydrogen (secondary N) is 1. The van der Waals surface area contributed by atoms with E-state index in [1.807, 2.05) is 12.1 Å². The molecular weight excluding hydrogens is 252 g/mol. The Labute approximate surface area is 111 Å². The Morgan fingerprint density at radius 3 is 2.76 bits per heavy atom. The minimum absolute atomic E-state index is 0.549. The summed E-state index contributed by atoms with van der Waals surface area (Å²) in [6.45, 7) is 2.07. The lowest BCUT2D eigenvalue weighted by molar-refractivity contribution is 0.526. The average molecular weight is 267 g/mol. The van der Waals surface area contributed by atoms with Gasteiger partial charge in [-0.25, -0.2) is 0 Å². The third-order valence-corrected chi connectivity index (χ3v) is 4.46. The number of hydrogen-bond donors (Lipinski definition) is 1. The number of halogens is 1. The first-order chi connectivity index (χ1) is 8.18. The summed E-state index contributed by atoms with van der Waals surface area (Å²) in [7, 11) is 0. The van der Waals surface area contributed by atoms with E-state index in [1.165, 1.54) is 31.2 Å². The predicted octanol–water partition coefficient (Wildman–Crippen LogP) is 4.78. The fraction of sp³-hybridized carbons (Fsp3) is 0.462. The lowest BCUT2D eigenvalue weighted by atomic mass is 10.1. The Bertz CT molecular complexity index is 620. The molecule has 0 unspecified atom stereocenters. The maximum atomic E-state index is 6.21. The molecule has 0 atom stereocenters. The lowest BCUT2D eigenvalue weighted by Crippen LogP contribution is -2.05. The number of H-pyrrole nitrogens is 1. The zero-order chi connectivity index (χ0) is 12.0. The van der Waals surface area contributed by atoms with E-state index in [9.17, 15) is 0 Å². The molecule has 0 radical (unpaired) electrons. The molecule has 90 valence electrons. The fourth-order valence-corrected chi connectivity index (χ4v) is 3.38. The van der Waals surface area contributed by atoms with Gasteiger partial charge in [0.25, 0.3) is 0 Å². The smallest absolute Gasteiger partial charge is 0.178 e. The number of benzene rings is 1. The maximum Gasteiger partial charge on any atom is 0.178 e. The van der Waals surface area contributed by atoms with Gasteiger partial charge in [0, 0.05) is 11.1 Å². The number of hydrogen-bond acceptors (Lipinski definition) is 1. The Hall–Kier alpha value is -0.800. The Morgan fingerprint density at radius 1 is 1.35 bits per heavy atom. The van der Waals surface area contributed by atoms with Crippen molar-refractivity contribution in [2.24, 2.45) is 0 Å². The third kappa shape index (κ3) is 1.72. The van der Waals surface area contributed by atoms with Crippen LogP contribution in [-0.2, 0) is 0 Å². The number of aromatic nitrogens is 2. The topological polar surface area (TPSA) is 20.7 Å². The molecular formula is C13H15ClN2S. The van der Waals surface area contributed by atoms with Crippen LogP contribution in [0.4, 0.5) is 0 Å². The SMILES string of the molecule is Cc1c(Cl)ccc2[nH]c(=S)n(C3CCCC3)c12. The van der Waals surface area contributed by atoms with E-state index in [1.54, 1.807) is 0 Å². The van der Waals surface area contributed by atoms with Gasteiger partial charge in [0.05, 0.1) is 11.0 Å². The van der Waals surface area contributed by atoms with Crippen LogP contribution in [0, 0.1) is 11.7 Å². The number of nitrogens with zero attached hydrogens (tertiary/aromatic N) is 1. The summed E-state index contributed by atoms with van der Waals surface area (Å²) in [6, 6.07) is 4.50. The van der Waals surface area contributed by atoms with Crippen molar-refractivity contribution in [3.8, 4) is 0 Å². The molecule has 2 aromatic rings. The van der Waals surface area contributed by atoms with E-state index in [-0.39, 0.29) is 0 Å². The van der Waals surface area contributed by atoms with Crippen LogP contribution in [0.3, 0.4) is 0 Å². The van der Waals surface area contributed by atoms with Crippen molar-refractivity contribution in [3.05, 3.63) is 27.5 Å². The molecule has 1 aliphatic carbocycles. The van der Waals surface area contributed by atoms with E-state index >= 15 is 0 Å². The summed E-state index contributed by atoms with van der Waals surface area (Å²) < 4.78 is 3.11. The zero-order valence-electron chi connectivity index (χ0n) is 9.79. The highest BCUT2D eigenvalue weighted by molar-refractivity contribution is 7.71. The predicted molar refractivity (Wildman–Crippen MR) is 74.4 cm³/mol. The van der Waals surface area contributed by atoms with Crippen LogP contribution in [0.5, 0.6) is 0 Å². The lowest BCUT2D eigenvalue weighted by Gasteiger charge is -2.14. The minimum Gasteiger partial charge on any atom is -0.331 e. The quantitative estimate of drug-likeness (QED) is 0.737. The summed E-state index contributed by atoms with van der Waals surface area (Å²) in [5.74, 6) is 0. The first-order valence-corrected chi connectivity index (χ1v) is 6.86. The van der Waals surface area contributed by atoms with Crippen molar-refractivity contribution in [1.82, 2.24) is 9.55 Å². The fourth-order valence-electron chi connectivity index (χ4n) is 2.87. The van der Waals surface area contributed by atoms with Gasteiger partial charge in [0.15, 0.2) is 4.77 Å². The van der Waals surface area contributed by atoms with Crippen LogP contribution in [0.15, 0.2) is 12.1 Å². The molecule has 0 spiro atoms. The molecule has 3 rings (SSSR count). The summed E-state index contributed by atoms with van der Waals surface area (Å²) in [5.41, 5.74) is 3.42. The van der Waals surface area contributed by atoms with E-state index in [0.29, 0.717) is 6.04 Å². The highest BCUT2D eigenvalue weighted by atomic mass is 35.5. The average Bonchev–Trinajstić information content (AvgIpc) is 2.90. The van der Waals surface area contributed by atoms with Crippen LogP contribution < -0.4 is 0 Å². The molecule has 1 N–H and O–H groups in total. The molecule has 1 heterocycles. The van der Waals surface area contributed by atoms with Crippen molar-refractivity contribution >= 4 is 34.9 Å². The van der Waals surface area contributed by atoms with Gasteiger partial charge in [0.2, 0.25) is 0 Å². The number of aromatic amines is 1. The monoisotopic (exact) mass is 266 g/mol. The van der Waals surface area contributed by atoms with Crippen LogP contribution in [0.1, 0.15) is 37.3 Å². The molecule has 1 saturated carbocycles. The summed E-state index contributed by atoms with van der Waals surface area (Å²) in [5, 5.41) is 0.818. The van der Waals surface area contributed by atoms with E-state index in [2.05, 4.69) is 16.5 Å². The molecule has 1 aliphatic rings. The number of imidazole rings is 1. The molecule has 17 heavy (non-hydrogen) atoms. The Balaban J connectivity index is 2.32. The molecule has 4 heteroatoms. The van der Waals surface area contributed by atoms with Gasteiger partial charge < -0.3 is 9.55 Å². The molecule has 1 aromatic carbocycles. The van der Waals surface area contributed by atoms with Gasteiger partial charge >= 0.3 is 0 Å². The van der Waals surface area contributed by atoms with E-state index < -0.39 is 0 Å². The van der Waals surface area contributed by atoms with E-state index in [0.717, 1.165) is 20.9 Å². The second-order valence-electron chi connectivity index (χ2n) is 4.81. The molecule has 0 amide bonds. The third-order valence-electron chi connectivity index (χ3n) is 3.76. The van der Waals surface area contributed by atoms with Crippen molar-refractivity contribution in [2.45, 2.75) is 38.6 Å². The molecule has 0 aliphatic heterocycles. The van der Waals surface area contributed by atoms with Crippen LogP contribution >= 0.6 is 23.8 Å². The van der Waals surface area contributed by atoms with Crippen LogP contribution in [-0.4, -0.2) is 9.55 Å². The second kappa shape index (κ2) is 4.14. The van der Waals surface area contributed by atoms with Gasteiger partial charge in [-0.05, 0) is 49.7 Å². The Kier molecular flexibility index (Phi) is 2.75. The number of fused-ring (bicyclic) bond motifs is 1. The molecule has 2 nitrogen and oxygen atoms in total. The van der Waals surface area contributed by atoms with Crippen molar-refractivity contribution in [1.29, 1.82) is 0 Å². The first-order valence-electron chi connectivity index (χ1n) is 6.08. The van der Waals surface area contributed by atoms with Crippen molar-refractivity contribution in [2.75, 3.05) is 0 Å². The maximum absolute atomic E-state index is 6.21. The number of aryl methyl sites for hydroxylation is 1. The van der Waals surface area contributed by atoms with Gasteiger partial charge in [-0.2, -0.15) is 0 Å².